The van der Waals surface area contributed by atoms with Crippen LogP contribution in [0.2, 0.25) is 0 Å². The highest BCUT2D eigenvalue weighted by Gasteiger charge is 2.54. The van der Waals surface area contributed by atoms with E-state index in [1.165, 1.54) is 27.8 Å². The van der Waals surface area contributed by atoms with Crippen molar-refractivity contribution in [3.8, 4) is 5.75 Å². The Labute approximate surface area is 203 Å². The molecular formula is C32H34O2. The molecule has 1 fully saturated rings. The maximum Gasteiger partial charge on any atom is 0.116 e. The zero-order valence-electron chi connectivity index (χ0n) is 20.1. The molecule has 0 unspecified atom stereocenters. The molecule has 0 aliphatic heterocycles. The molecule has 3 atom stereocenters. The van der Waals surface area contributed by atoms with Gasteiger partial charge in [-0.1, -0.05) is 71.8 Å². The minimum atomic E-state index is -0.249. The second kappa shape index (κ2) is 8.13. The Morgan fingerprint density at radius 1 is 0.824 bits per heavy atom. The summed E-state index contributed by atoms with van der Waals surface area (Å²) >= 11 is 0. The lowest BCUT2D eigenvalue weighted by Crippen LogP contribution is -2.44. The van der Waals surface area contributed by atoms with Crippen LogP contribution < -0.4 is 0 Å². The van der Waals surface area contributed by atoms with Crippen molar-refractivity contribution >= 4 is 0 Å². The highest BCUT2D eigenvalue weighted by Crippen LogP contribution is 2.62. The summed E-state index contributed by atoms with van der Waals surface area (Å²) in [6, 6.07) is 25.7. The van der Waals surface area contributed by atoms with Gasteiger partial charge in [-0.3, -0.25) is 0 Å². The second-order valence-corrected chi connectivity index (χ2v) is 11.0. The van der Waals surface area contributed by atoms with Crippen LogP contribution in [0.4, 0.5) is 0 Å². The van der Waals surface area contributed by atoms with Crippen molar-refractivity contribution in [3.05, 3.63) is 112 Å². The Hall–Kier alpha value is -2.84. The Balaban J connectivity index is 1.55. The fourth-order valence-corrected chi connectivity index (χ4v) is 7.82. The summed E-state index contributed by atoms with van der Waals surface area (Å²) in [5.74, 6) is 0.382. The van der Waals surface area contributed by atoms with Gasteiger partial charge in [-0.15, -0.1) is 0 Å². The maximum atomic E-state index is 11.0. The Morgan fingerprint density at radius 3 is 2.21 bits per heavy atom. The van der Waals surface area contributed by atoms with Crippen LogP contribution >= 0.6 is 0 Å². The molecule has 0 aromatic heterocycles. The predicted molar refractivity (Wildman–Crippen MR) is 137 cm³/mol. The van der Waals surface area contributed by atoms with Crippen molar-refractivity contribution in [2.75, 3.05) is 0 Å². The standard InChI is InChI=1S/C32H34O2/c1-22-16-26(33)17-25-12-13-28-29-18-27(34)21-31(29,19-23-8-4-2-5-9-23)14-15-32(28,30(22)25)20-24-10-6-3-7-11-24/h2-11,16-17,27,33-34H,12-15,18-21H2,1H3/t27-,31+,32+/m1/s1. The van der Waals surface area contributed by atoms with Gasteiger partial charge in [0.05, 0.1) is 6.10 Å². The number of rotatable bonds is 4. The van der Waals surface area contributed by atoms with E-state index in [1.54, 1.807) is 11.1 Å². The van der Waals surface area contributed by atoms with E-state index in [0.29, 0.717) is 5.75 Å². The van der Waals surface area contributed by atoms with Gasteiger partial charge in [0.2, 0.25) is 0 Å². The highest BCUT2D eigenvalue weighted by molar-refractivity contribution is 5.57. The minimum Gasteiger partial charge on any atom is -0.508 e. The van der Waals surface area contributed by atoms with Gasteiger partial charge in [0.25, 0.3) is 0 Å². The third-order valence-electron chi connectivity index (χ3n) is 8.94. The molecule has 6 rings (SSSR count). The first-order valence-corrected chi connectivity index (χ1v) is 12.8. The van der Waals surface area contributed by atoms with E-state index >= 15 is 0 Å². The first kappa shape index (κ1) is 21.7. The van der Waals surface area contributed by atoms with Gasteiger partial charge in [0, 0.05) is 5.41 Å². The molecule has 0 amide bonds. The number of hydrogen-bond donors (Lipinski definition) is 2. The second-order valence-electron chi connectivity index (χ2n) is 11.0. The number of aryl methyl sites for hydroxylation is 2. The molecule has 174 valence electrons. The fraction of sp³-hybridized carbons (Fsp3) is 0.375. The first-order chi connectivity index (χ1) is 16.5. The average Bonchev–Trinajstić information content (AvgIpc) is 3.15. The molecule has 3 aliphatic rings. The summed E-state index contributed by atoms with van der Waals surface area (Å²) in [4.78, 5) is 0. The van der Waals surface area contributed by atoms with Crippen LogP contribution in [0, 0.1) is 12.3 Å². The monoisotopic (exact) mass is 450 g/mol. The quantitative estimate of drug-likeness (QED) is 0.440. The number of hydrogen-bond acceptors (Lipinski definition) is 2. The number of aliphatic hydroxyl groups excluding tert-OH is 1. The number of fused-ring (bicyclic) bond motifs is 4. The number of aromatic hydroxyl groups is 1. The SMILES string of the molecule is Cc1cc(O)cc2c1[C@]1(Cc3ccccc3)CC[C@]3(Cc4ccccc4)C[C@H](O)CC3=C1CC2. The van der Waals surface area contributed by atoms with Gasteiger partial charge in [0.15, 0.2) is 0 Å². The van der Waals surface area contributed by atoms with Gasteiger partial charge in [-0.05, 0) is 104 Å². The summed E-state index contributed by atoms with van der Waals surface area (Å²) in [5, 5.41) is 21.4. The third kappa shape index (κ3) is 3.43. The zero-order chi connectivity index (χ0) is 23.3. The van der Waals surface area contributed by atoms with Crippen LogP contribution in [-0.2, 0) is 24.7 Å². The number of aliphatic hydroxyl groups is 1. The zero-order valence-corrected chi connectivity index (χ0v) is 20.1. The molecule has 0 heterocycles. The van der Waals surface area contributed by atoms with Gasteiger partial charge in [-0.2, -0.15) is 0 Å². The van der Waals surface area contributed by atoms with Crippen molar-refractivity contribution in [2.24, 2.45) is 5.41 Å². The summed E-state index contributed by atoms with van der Waals surface area (Å²) in [6.07, 6.45) is 7.65. The van der Waals surface area contributed by atoms with E-state index in [1.807, 2.05) is 12.1 Å². The Bertz CT molecular complexity index is 1240. The number of phenols is 1. The van der Waals surface area contributed by atoms with E-state index in [2.05, 4.69) is 67.6 Å². The van der Waals surface area contributed by atoms with E-state index in [0.717, 1.165) is 51.4 Å². The number of allylic oxidation sites excluding steroid dienone is 1. The van der Waals surface area contributed by atoms with Crippen LogP contribution in [0.25, 0.3) is 0 Å². The molecule has 0 radical (unpaired) electrons. The van der Waals surface area contributed by atoms with Crippen LogP contribution in [0.15, 0.2) is 83.9 Å². The van der Waals surface area contributed by atoms with Crippen LogP contribution in [0.1, 0.15) is 59.9 Å². The van der Waals surface area contributed by atoms with Crippen molar-refractivity contribution in [3.63, 3.8) is 0 Å². The van der Waals surface area contributed by atoms with Crippen LogP contribution in [0.5, 0.6) is 5.75 Å². The fourth-order valence-electron chi connectivity index (χ4n) is 7.82. The third-order valence-corrected chi connectivity index (χ3v) is 8.94. The Morgan fingerprint density at radius 2 is 1.50 bits per heavy atom. The average molecular weight is 451 g/mol. The molecule has 3 aromatic rings. The van der Waals surface area contributed by atoms with E-state index in [-0.39, 0.29) is 16.9 Å². The van der Waals surface area contributed by atoms with Gasteiger partial charge in [-0.25, -0.2) is 0 Å². The highest BCUT2D eigenvalue weighted by atomic mass is 16.3. The van der Waals surface area contributed by atoms with E-state index < -0.39 is 0 Å². The van der Waals surface area contributed by atoms with Crippen molar-refractivity contribution in [1.82, 2.24) is 0 Å². The lowest BCUT2D eigenvalue weighted by atomic mass is 9.52. The smallest absolute Gasteiger partial charge is 0.116 e. The van der Waals surface area contributed by atoms with E-state index in [4.69, 9.17) is 0 Å². The van der Waals surface area contributed by atoms with Gasteiger partial charge in [0.1, 0.15) is 5.75 Å². The lowest BCUT2D eigenvalue weighted by Gasteiger charge is -2.51. The first-order valence-electron chi connectivity index (χ1n) is 12.8. The van der Waals surface area contributed by atoms with Gasteiger partial charge >= 0.3 is 0 Å². The molecule has 0 spiro atoms. The molecule has 2 N–H and O–H groups in total. The van der Waals surface area contributed by atoms with Crippen molar-refractivity contribution in [2.45, 2.75) is 69.8 Å². The molecule has 1 saturated carbocycles. The Kier molecular flexibility index (Phi) is 5.18. The molecule has 2 nitrogen and oxygen atoms in total. The molecule has 2 heteroatoms. The van der Waals surface area contributed by atoms with Crippen LogP contribution in [0.3, 0.4) is 0 Å². The maximum absolute atomic E-state index is 11.0. The van der Waals surface area contributed by atoms with Crippen LogP contribution in [-0.4, -0.2) is 16.3 Å². The molecule has 34 heavy (non-hydrogen) atoms. The molecular weight excluding hydrogens is 416 g/mol. The van der Waals surface area contributed by atoms with Gasteiger partial charge < -0.3 is 10.2 Å². The molecule has 0 saturated heterocycles. The van der Waals surface area contributed by atoms with Crippen molar-refractivity contribution in [1.29, 1.82) is 0 Å². The normalized spacial score (nSPS) is 27.8. The lowest BCUT2D eigenvalue weighted by molar-refractivity contribution is 0.148. The summed E-state index contributed by atoms with van der Waals surface area (Å²) in [7, 11) is 0. The summed E-state index contributed by atoms with van der Waals surface area (Å²) in [5.41, 5.74) is 9.87. The summed E-state index contributed by atoms with van der Waals surface area (Å²) in [6.45, 7) is 2.17. The molecule has 3 aliphatic carbocycles. The largest absolute Gasteiger partial charge is 0.508 e. The number of benzene rings is 3. The molecule has 0 bridgehead atoms. The summed E-state index contributed by atoms with van der Waals surface area (Å²) < 4.78 is 0. The topological polar surface area (TPSA) is 40.5 Å². The van der Waals surface area contributed by atoms with Crippen molar-refractivity contribution < 1.29 is 10.2 Å². The van der Waals surface area contributed by atoms with E-state index in [9.17, 15) is 10.2 Å². The minimum absolute atomic E-state index is 0.0493. The number of phenolic OH excluding ortho intramolecular Hbond substituents is 1. The predicted octanol–water partition coefficient (Wildman–Crippen LogP) is 6.60. The molecule has 3 aromatic carbocycles.